The molecule has 1 saturated heterocycles. The summed E-state index contributed by atoms with van der Waals surface area (Å²) in [6.07, 6.45) is 3.90. The third-order valence-corrected chi connectivity index (χ3v) is 5.81. The molecule has 0 saturated carbocycles. The fourth-order valence-corrected chi connectivity index (χ4v) is 3.84. The molecule has 0 spiro atoms. The Labute approximate surface area is 208 Å². The van der Waals surface area contributed by atoms with E-state index in [1.54, 1.807) is 43.3 Å². The van der Waals surface area contributed by atoms with Crippen LogP contribution in [0.25, 0.3) is 0 Å². The van der Waals surface area contributed by atoms with E-state index in [-0.39, 0.29) is 17.9 Å². The van der Waals surface area contributed by atoms with Gasteiger partial charge in [0.2, 0.25) is 5.88 Å². The smallest absolute Gasteiger partial charge is 0.255 e. The normalized spacial score (nSPS) is 14.8. The SMILES string of the molecule is CNc1nc(Oc2cnc(C#N)cc2C)cc(Nc2ccc(C(=O)N3CCC(OC)C3)cn2)c1NN. The maximum absolute atomic E-state index is 12.8. The number of pyridine rings is 3. The van der Waals surface area contributed by atoms with Crippen molar-refractivity contribution < 1.29 is 14.3 Å². The molecule has 3 aromatic rings. The van der Waals surface area contributed by atoms with E-state index in [0.29, 0.717) is 53.1 Å². The van der Waals surface area contributed by atoms with Gasteiger partial charge in [0, 0.05) is 39.5 Å². The van der Waals surface area contributed by atoms with Crippen molar-refractivity contribution in [2.45, 2.75) is 19.4 Å². The van der Waals surface area contributed by atoms with Gasteiger partial charge in [0.05, 0.1) is 23.6 Å². The quantitative estimate of drug-likeness (QED) is 0.272. The minimum atomic E-state index is -0.0821. The number of ether oxygens (including phenoxy) is 2. The Morgan fingerprint density at radius 3 is 2.72 bits per heavy atom. The van der Waals surface area contributed by atoms with Crippen molar-refractivity contribution in [1.82, 2.24) is 19.9 Å². The number of aromatic nitrogens is 3. The maximum Gasteiger partial charge on any atom is 0.255 e. The highest BCUT2D eigenvalue weighted by atomic mass is 16.5. The van der Waals surface area contributed by atoms with Gasteiger partial charge >= 0.3 is 0 Å². The summed E-state index contributed by atoms with van der Waals surface area (Å²) in [7, 11) is 3.36. The number of nitrogen functional groups attached to an aromatic ring is 1. The number of likely N-dealkylation sites (tertiary alicyclic amines) is 1. The van der Waals surface area contributed by atoms with Gasteiger partial charge in [0.1, 0.15) is 23.3 Å². The number of rotatable bonds is 8. The fourth-order valence-electron chi connectivity index (χ4n) is 3.84. The first kappa shape index (κ1) is 24.6. The Balaban J connectivity index is 1.56. The summed E-state index contributed by atoms with van der Waals surface area (Å²) < 4.78 is 11.3. The van der Waals surface area contributed by atoms with E-state index < -0.39 is 0 Å². The highest BCUT2D eigenvalue weighted by molar-refractivity contribution is 5.94. The van der Waals surface area contributed by atoms with E-state index in [9.17, 15) is 4.79 Å². The molecule has 12 heteroatoms. The number of hydrogen-bond acceptors (Lipinski definition) is 11. The van der Waals surface area contributed by atoms with Crippen LogP contribution in [0.15, 0.2) is 36.7 Å². The second-order valence-corrected chi connectivity index (χ2v) is 8.13. The number of nitriles is 1. The van der Waals surface area contributed by atoms with Crippen LogP contribution in [-0.2, 0) is 4.74 Å². The lowest BCUT2D eigenvalue weighted by atomic mass is 10.2. The highest BCUT2D eigenvalue weighted by Gasteiger charge is 2.27. The van der Waals surface area contributed by atoms with Gasteiger partial charge in [-0.2, -0.15) is 10.2 Å². The Hall–Kier alpha value is -4.47. The van der Waals surface area contributed by atoms with Gasteiger partial charge in [-0.05, 0) is 37.1 Å². The van der Waals surface area contributed by atoms with Crippen LogP contribution >= 0.6 is 0 Å². The lowest BCUT2D eigenvalue weighted by Gasteiger charge is -2.18. The van der Waals surface area contributed by atoms with Crippen LogP contribution in [0, 0.1) is 18.3 Å². The zero-order chi connectivity index (χ0) is 25.7. The molecule has 12 nitrogen and oxygen atoms in total. The van der Waals surface area contributed by atoms with Gasteiger partial charge in [0.25, 0.3) is 5.91 Å². The number of hydrazine groups is 1. The van der Waals surface area contributed by atoms with Crippen LogP contribution in [0.1, 0.15) is 28.0 Å². The average molecular weight is 490 g/mol. The van der Waals surface area contributed by atoms with Crippen LogP contribution in [0.3, 0.4) is 0 Å². The average Bonchev–Trinajstić information content (AvgIpc) is 3.39. The molecule has 36 heavy (non-hydrogen) atoms. The van der Waals surface area contributed by atoms with Crippen molar-refractivity contribution in [3.63, 3.8) is 0 Å². The number of amides is 1. The number of carbonyl (C=O) groups excluding carboxylic acids is 1. The molecule has 4 rings (SSSR count). The van der Waals surface area contributed by atoms with Crippen LogP contribution < -0.4 is 26.6 Å². The van der Waals surface area contributed by atoms with Gasteiger partial charge in [-0.1, -0.05) is 0 Å². The first-order valence-corrected chi connectivity index (χ1v) is 11.2. The van der Waals surface area contributed by atoms with Crippen molar-refractivity contribution in [2.75, 3.05) is 43.3 Å². The van der Waals surface area contributed by atoms with E-state index in [1.807, 2.05) is 13.0 Å². The molecule has 3 aromatic heterocycles. The zero-order valence-corrected chi connectivity index (χ0v) is 20.2. The number of anilines is 4. The Morgan fingerprint density at radius 2 is 2.11 bits per heavy atom. The van der Waals surface area contributed by atoms with Crippen molar-refractivity contribution in [3.8, 4) is 17.7 Å². The molecule has 1 amide bonds. The lowest BCUT2D eigenvalue weighted by molar-refractivity contribution is 0.0724. The van der Waals surface area contributed by atoms with Crippen molar-refractivity contribution in [2.24, 2.45) is 5.84 Å². The van der Waals surface area contributed by atoms with E-state index in [1.165, 1.54) is 12.4 Å². The number of nitrogens with two attached hydrogens (primary N) is 1. The first-order valence-electron chi connectivity index (χ1n) is 11.2. The standard InChI is InChI=1S/C24H27N9O3/c1-14-8-16(10-25)28-12-19(14)36-21-9-18(22(32-26)23(27-2)31-21)30-20-5-4-15(11-29-20)24(34)33-7-6-17(13-33)35-3/h4-5,8-9,11-12,17,32H,6-7,13,26H2,1-3H3,(H2,27,29,30,31). The van der Waals surface area contributed by atoms with Crippen LogP contribution in [0.2, 0.25) is 0 Å². The minimum Gasteiger partial charge on any atom is -0.437 e. The highest BCUT2D eigenvalue weighted by Crippen LogP contribution is 2.35. The second-order valence-electron chi connectivity index (χ2n) is 8.13. The summed E-state index contributed by atoms with van der Waals surface area (Å²) in [5.74, 6) is 7.34. The van der Waals surface area contributed by atoms with Gasteiger partial charge in [-0.15, -0.1) is 0 Å². The first-order chi connectivity index (χ1) is 17.4. The molecule has 0 radical (unpaired) electrons. The predicted octanol–water partition coefficient (Wildman–Crippen LogP) is 2.78. The summed E-state index contributed by atoms with van der Waals surface area (Å²) in [4.78, 5) is 27.4. The summed E-state index contributed by atoms with van der Waals surface area (Å²) >= 11 is 0. The summed E-state index contributed by atoms with van der Waals surface area (Å²) in [6.45, 7) is 3.04. The van der Waals surface area contributed by atoms with Gasteiger partial charge in [0.15, 0.2) is 11.6 Å². The van der Waals surface area contributed by atoms with Crippen LogP contribution in [0.5, 0.6) is 11.6 Å². The molecular weight excluding hydrogens is 462 g/mol. The van der Waals surface area contributed by atoms with E-state index in [4.69, 9.17) is 20.6 Å². The summed E-state index contributed by atoms with van der Waals surface area (Å²) in [5.41, 5.74) is 5.20. The van der Waals surface area contributed by atoms with E-state index in [2.05, 4.69) is 31.0 Å². The lowest BCUT2D eigenvalue weighted by Crippen LogP contribution is -2.30. The van der Waals surface area contributed by atoms with Gasteiger partial charge in [-0.3, -0.25) is 10.6 Å². The van der Waals surface area contributed by atoms with Crippen LogP contribution in [-0.4, -0.2) is 59.1 Å². The van der Waals surface area contributed by atoms with Crippen molar-refractivity contribution in [1.29, 1.82) is 5.26 Å². The topological polar surface area (TPSA) is 163 Å². The second kappa shape index (κ2) is 10.9. The third kappa shape index (κ3) is 5.27. The molecule has 1 atom stereocenters. The molecular formula is C24H27N9O3. The molecule has 0 aliphatic carbocycles. The molecule has 0 aromatic carbocycles. The molecule has 0 bridgehead atoms. The molecule has 186 valence electrons. The Bertz CT molecular complexity index is 1290. The Kier molecular flexibility index (Phi) is 7.43. The van der Waals surface area contributed by atoms with Crippen LogP contribution in [0.4, 0.5) is 23.0 Å². The number of carbonyl (C=O) groups is 1. The molecule has 1 aliphatic heterocycles. The minimum absolute atomic E-state index is 0.0679. The number of hydrogen-bond donors (Lipinski definition) is 4. The molecule has 1 unspecified atom stereocenters. The third-order valence-electron chi connectivity index (χ3n) is 5.81. The molecule has 5 N–H and O–H groups in total. The number of nitrogens with zero attached hydrogens (tertiary/aromatic N) is 5. The van der Waals surface area contributed by atoms with Gasteiger partial charge < -0.3 is 30.4 Å². The monoisotopic (exact) mass is 489 g/mol. The number of methoxy groups -OCH3 is 1. The van der Waals surface area contributed by atoms with Gasteiger partial charge in [-0.25, -0.2) is 9.97 Å². The van der Waals surface area contributed by atoms with E-state index >= 15 is 0 Å². The summed E-state index contributed by atoms with van der Waals surface area (Å²) in [5, 5.41) is 15.2. The number of nitrogens with one attached hydrogen (secondary N) is 3. The Morgan fingerprint density at radius 1 is 1.28 bits per heavy atom. The van der Waals surface area contributed by atoms with Crippen molar-refractivity contribution >= 4 is 28.9 Å². The van der Waals surface area contributed by atoms with Crippen molar-refractivity contribution in [3.05, 3.63) is 53.5 Å². The predicted molar refractivity (Wildman–Crippen MR) is 134 cm³/mol. The molecule has 1 aliphatic rings. The van der Waals surface area contributed by atoms with E-state index in [0.717, 1.165) is 12.0 Å². The largest absolute Gasteiger partial charge is 0.437 e. The number of aryl methyl sites for hydroxylation is 1. The molecule has 4 heterocycles. The summed E-state index contributed by atoms with van der Waals surface area (Å²) in [6, 6.07) is 8.72. The molecule has 1 fully saturated rings. The maximum atomic E-state index is 12.8. The fraction of sp³-hybridized carbons (Fsp3) is 0.292. The zero-order valence-electron chi connectivity index (χ0n) is 20.2.